The van der Waals surface area contributed by atoms with Crippen molar-refractivity contribution in [3.8, 4) is 11.5 Å². The van der Waals surface area contributed by atoms with Gasteiger partial charge < -0.3 is 20.1 Å². The number of rotatable bonds is 4. The van der Waals surface area contributed by atoms with Crippen LogP contribution in [0.4, 0.5) is 5.69 Å². The molecule has 8 nitrogen and oxygen atoms in total. The van der Waals surface area contributed by atoms with Crippen LogP contribution >= 0.6 is 0 Å². The van der Waals surface area contributed by atoms with Gasteiger partial charge in [0.15, 0.2) is 17.3 Å². The van der Waals surface area contributed by atoms with E-state index in [1.807, 2.05) is 18.2 Å². The highest BCUT2D eigenvalue weighted by atomic mass is 32.2. The maximum Gasteiger partial charge on any atom is 0.285 e. The first kappa shape index (κ1) is 20.1. The summed E-state index contributed by atoms with van der Waals surface area (Å²) in [5.41, 5.74) is 2.45. The zero-order chi connectivity index (χ0) is 22.1. The normalized spacial score (nSPS) is 15.4. The number of nitrogens with one attached hydrogen (secondary N) is 2. The molecule has 2 aliphatic heterocycles. The Labute approximate surface area is 185 Å². The van der Waals surface area contributed by atoms with E-state index in [0.717, 1.165) is 5.56 Å². The molecule has 3 aromatic rings. The van der Waals surface area contributed by atoms with Crippen LogP contribution in [0.25, 0.3) is 0 Å². The largest absolute Gasteiger partial charge is 0.486 e. The minimum absolute atomic E-state index is 0.177. The Kier molecular flexibility index (Phi) is 5.02. The molecule has 0 radical (unpaired) electrons. The van der Waals surface area contributed by atoms with Gasteiger partial charge in [-0.1, -0.05) is 24.3 Å². The number of hydrogen-bond donors (Lipinski definition) is 2. The molecule has 0 aliphatic carbocycles. The highest BCUT2D eigenvalue weighted by Gasteiger charge is 2.28. The number of carbonyl (C=O) groups is 1. The topological polar surface area (TPSA) is 106 Å². The Bertz CT molecular complexity index is 1330. The van der Waals surface area contributed by atoms with E-state index in [-0.39, 0.29) is 16.6 Å². The lowest BCUT2D eigenvalue weighted by Gasteiger charge is -2.21. The van der Waals surface area contributed by atoms with E-state index in [9.17, 15) is 13.2 Å². The summed E-state index contributed by atoms with van der Waals surface area (Å²) in [6, 6.07) is 18.9. The molecular weight excluding hydrogens is 430 g/mol. The molecule has 0 unspecified atom stereocenters. The third kappa shape index (κ3) is 3.78. The van der Waals surface area contributed by atoms with Gasteiger partial charge in [-0.05, 0) is 42.5 Å². The minimum atomic E-state index is -3.69. The number of amidine groups is 1. The van der Waals surface area contributed by atoms with Crippen LogP contribution in [0.5, 0.6) is 11.5 Å². The van der Waals surface area contributed by atoms with Crippen molar-refractivity contribution in [2.75, 3.05) is 18.5 Å². The summed E-state index contributed by atoms with van der Waals surface area (Å²) in [4.78, 5) is 12.8. The van der Waals surface area contributed by atoms with Gasteiger partial charge in [-0.3, -0.25) is 4.79 Å². The summed E-state index contributed by atoms with van der Waals surface area (Å²) in [6.45, 7) is 1.29. The minimum Gasteiger partial charge on any atom is -0.486 e. The molecule has 0 bridgehead atoms. The third-order valence-corrected chi connectivity index (χ3v) is 6.46. The average Bonchev–Trinajstić information content (AvgIpc) is 3.08. The quantitative estimate of drug-likeness (QED) is 0.634. The van der Waals surface area contributed by atoms with Gasteiger partial charge in [0.2, 0.25) is 0 Å². The SMILES string of the molecule is O=C(NCc1cccc2c1OCCO2)c1ccc(NC2=NS(=O)(=O)c3ccccc32)cc1. The first-order chi connectivity index (χ1) is 15.5. The summed E-state index contributed by atoms with van der Waals surface area (Å²) >= 11 is 0. The summed E-state index contributed by atoms with van der Waals surface area (Å²) in [5.74, 6) is 1.36. The van der Waals surface area contributed by atoms with Crippen LogP contribution in [0, 0.1) is 0 Å². The van der Waals surface area contributed by atoms with Gasteiger partial charge >= 0.3 is 0 Å². The highest BCUT2D eigenvalue weighted by Crippen LogP contribution is 2.33. The van der Waals surface area contributed by atoms with Crippen LogP contribution in [0.15, 0.2) is 76.0 Å². The van der Waals surface area contributed by atoms with Gasteiger partial charge in [-0.15, -0.1) is 4.40 Å². The van der Waals surface area contributed by atoms with Gasteiger partial charge in [-0.25, -0.2) is 0 Å². The monoisotopic (exact) mass is 449 g/mol. The second kappa shape index (κ2) is 8.01. The predicted octanol–water partition coefficient (Wildman–Crippen LogP) is 2.95. The van der Waals surface area contributed by atoms with Crippen LogP contribution in [-0.2, 0) is 16.6 Å². The Balaban J connectivity index is 1.26. The number of nitrogens with zero attached hydrogens (tertiary/aromatic N) is 1. The van der Waals surface area contributed by atoms with E-state index < -0.39 is 10.0 Å². The molecular formula is C23H19N3O5S. The van der Waals surface area contributed by atoms with Crippen molar-refractivity contribution < 1.29 is 22.7 Å². The molecule has 5 rings (SSSR count). The van der Waals surface area contributed by atoms with E-state index in [2.05, 4.69) is 15.0 Å². The third-order valence-electron chi connectivity index (χ3n) is 5.13. The number of hydrogen-bond acceptors (Lipinski definition) is 6. The molecule has 2 N–H and O–H groups in total. The molecule has 0 fully saturated rings. The summed E-state index contributed by atoms with van der Waals surface area (Å²) in [6.07, 6.45) is 0. The molecule has 0 aromatic heterocycles. The number of amides is 1. The van der Waals surface area contributed by atoms with Gasteiger partial charge in [0.1, 0.15) is 18.1 Å². The molecule has 1 amide bonds. The Morgan fingerprint density at radius 3 is 2.56 bits per heavy atom. The second-order valence-electron chi connectivity index (χ2n) is 7.24. The fourth-order valence-electron chi connectivity index (χ4n) is 3.59. The first-order valence-corrected chi connectivity index (χ1v) is 11.4. The van der Waals surface area contributed by atoms with Gasteiger partial charge in [-0.2, -0.15) is 8.42 Å². The van der Waals surface area contributed by atoms with Crippen molar-refractivity contribution in [1.82, 2.24) is 5.32 Å². The molecule has 0 saturated carbocycles. The highest BCUT2D eigenvalue weighted by molar-refractivity contribution is 7.90. The molecule has 3 aromatic carbocycles. The van der Waals surface area contributed by atoms with Crippen LogP contribution < -0.4 is 20.1 Å². The number of ether oxygens (including phenoxy) is 2. The first-order valence-electron chi connectivity index (χ1n) is 9.98. The molecule has 9 heteroatoms. The van der Waals surface area contributed by atoms with Crippen LogP contribution in [0.2, 0.25) is 0 Å². The number of anilines is 1. The lowest BCUT2D eigenvalue weighted by atomic mass is 10.1. The molecule has 0 atom stereocenters. The number of benzene rings is 3. The maximum atomic E-state index is 12.6. The molecule has 0 spiro atoms. The Hall–Kier alpha value is -3.85. The van der Waals surface area contributed by atoms with E-state index in [0.29, 0.717) is 48.1 Å². The van der Waals surface area contributed by atoms with Crippen molar-refractivity contribution in [3.05, 3.63) is 83.4 Å². The smallest absolute Gasteiger partial charge is 0.285 e. The zero-order valence-electron chi connectivity index (χ0n) is 16.9. The number of carbonyl (C=O) groups excluding carboxylic acids is 1. The Morgan fingerprint density at radius 2 is 1.72 bits per heavy atom. The summed E-state index contributed by atoms with van der Waals surface area (Å²) in [5, 5.41) is 5.90. The van der Waals surface area contributed by atoms with Gasteiger partial charge in [0.05, 0.1) is 0 Å². The lowest BCUT2D eigenvalue weighted by Crippen LogP contribution is -2.24. The second-order valence-corrected chi connectivity index (χ2v) is 8.81. The van der Waals surface area contributed by atoms with Crippen LogP contribution in [0.3, 0.4) is 0 Å². The van der Waals surface area contributed by atoms with E-state index in [1.54, 1.807) is 42.5 Å². The number of sulfonamides is 1. The summed E-state index contributed by atoms with van der Waals surface area (Å²) < 4.78 is 39.4. The van der Waals surface area contributed by atoms with Crippen molar-refractivity contribution in [1.29, 1.82) is 0 Å². The van der Waals surface area contributed by atoms with Crippen molar-refractivity contribution in [2.45, 2.75) is 11.4 Å². The molecule has 162 valence electrons. The van der Waals surface area contributed by atoms with E-state index >= 15 is 0 Å². The molecule has 2 heterocycles. The molecule has 2 aliphatic rings. The van der Waals surface area contributed by atoms with Crippen LogP contribution in [0.1, 0.15) is 21.5 Å². The zero-order valence-corrected chi connectivity index (χ0v) is 17.7. The van der Waals surface area contributed by atoms with Crippen molar-refractivity contribution in [2.24, 2.45) is 4.40 Å². The van der Waals surface area contributed by atoms with Crippen molar-refractivity contribution in [3.63, 3.8) is 0 Å². The molecule has 0 saturated heterocycles. The number of para-hydroxylation sites is 1. The maximum absolute atomic E-state index is 12.6. The van der Waals surface area contributed by atoms with E-state index in [1.165, 1.54) is 6.07 Å². The number of fused-ring (bicyclic) bond motifs is 2. The van der Waals surface area contributed by atoms with Gasteiger partial charge in [0, 0.05) is 28.9 Å². The molecule has 32 heavy (non-hydrogen) atoms. The summed E-state index contributed by atoms with van der Waals surface area (Å²) in [7, 11) is -3.69. The average molecular weight is 449 g/mol. The van der Waals surface area contributed by atoms with Gasteiger partial charge in [0.25, 0.3) is 15.9 Å². The van der Waals surface area contributed by atoms with E-state index in [4.69, 9.17) is 9.47 Å². The fourth-order valence-corrected chi connectivity index (χ4v) is 4.76. The van der Waals surface area contributed by atoms with Crippen molar-refractivity contribution >= 4 is 27.5 Å². The lowest BCUT2D eigenvalue weighted by molar-refractivity contribution is 0.0950. The predicted molar refractivity (Wildman–Crippen MR) is 119 cm³/mol. The standard InChI is InChI=1S/C23H19N3O5S/c27-23(24-14-16-4-3-6-19-21(16)31-13-12-30-19)15-8-10-17(11-9-15)25-22-18-5-1-2-7-20(18)32(28,29)26-22/h1-11H,12-14H2,(H,24,27)(H,25,26). The van der Waals surface area contributed by atoms with Crippen LogP contribution in [-0.4, -0.2) is 33.4 Å². The Morgan fingerprint density at radius 1 is 0.938 bits per heavy atom. The fraction of sp³-hybridized carbons (Fsp3) is 0.130.